The lowest BCUT2D eigenvalue weighted by atomic mass is 9.69. The van der Waals surface area contributed by atoms with Gasteiger partial charge in [0.1, 0.15) is 0 Å². The fourth-order valence-corrected chi connectivity index (χ4v) is 2.86. The largest absolute Gasteiger partial charge is 0.325 e. The highest BCUT2D eigenvalue weighted by Gasteiger charge is 2.49. The highest BCUT2D eigenvalue weighted by molar-refractivity contribution is 5.92. The normalized spacial score (nSPS) is 32.9. The van der Waals surface area contributed by atoms with E-state index in [9.17, 15) is 4.79 Å². The number of likely N-dealkylation sites (tertiary alicyclic amines) is 1. The predicted octanol–water partition coefficient (Wildman–Crippen LogP) is 1.97. The summed E-state index contributed by atoms with van der Waals surface area (Å²) in [5, 5.41) is 0. The van der Waals surface area contributed by atoms with E-state index in [0.29, 0.717) is 0 Å². The maximum atomic E-state index is 12.1. The van der Waals surface area contributed by atoms with E-state index in [1.807, 2.05) is 6.92 Å². The van der Waals surface area contributed by atoms with E-state index in [0.717, 1.165) is 6.42 Å². The summed E-state index contributed by atoms with van der Waals surface area (Å²) < 4.78 is 0. The number of nitrogens with zero attached hydrogens (tertiary/aromatic N) is 1. The van der Waals surface area contributed by atoms with Crippen LogP contribution < -0.4 is 5.73 Å². The molecule has 2 N–H and O–H groups in total. The Hall–Kier alpha value is -0.670. The summed E-state index contributed by atoms with van der Waals surface area (Å²) in [5.41, 5.74) is 6.14. The highest BCUT2D eigenvalue weighted by Crippen LogP contribution is 2.39. The molecular formula is C14H26N2O. The number of nitrogens with two attached hydrogens (primary N) is 1. The van der Waals surface area contributed by atoms with Gasteiger partial charge in [-0.1, -0.05) is 6.08 Å². The zero-order chi connectivity index (χ0) is 13.4. The van der Waals surface area contributed by atoms with Crippen molar-refractivity contribution in [3.05, 3.63) is 12.2 Å². The molecule has 3 heteroatoms. The molecule has 0 aromatic rings. The summed E-state index contributed by atoms with van der Waals surface area (Å²) in [4.78, 5) is 14.4. The van der Waals surface area contributed by atoms with E-state index in [4.69, 9.17) is 5.73 Å². The SMILES string of the molecule is CC=CC(=O)C1CC(C)(C)N(C)C(C)(C)C1N. The number of ketones is 1. The first-order valence-electron chi connectivity index (χ1n) is 6.30. The summed E-state index contributed by atoms with van der Waals surface area (Å²) in [6.45, 7) is 10.5. The lowest BCUT2D eigenvalue weighted by Crippen LogP contribution is -2.69. The van der Waals surface area contributed by atoms with Gasteiger partial charge in [0.2, 0.25) is 0 Å². The Bertz CT molecular complexity index is 331. The number of carbonyl (C=O) groups excluding carboxylic acids is 1. The number of allylic oxidation sites excluding steroid dienone is 2. The standard InChI is InChI=1S/C14H26N2O/c1-7-8-11(17)10-9-13(2,3)16(6)14(4,5)12(10)15/h7-8,10,12H,9,15H2,1-6H3. The molecule has 1 aliphatic rings. The third-order valence-corrected chi connectivity index (χ3v) is 4.44. The second-order valence-corrected chi connectivity index (χ2v) is 6.26. The lowest BCUT2D eigenvalue weighted by Gasteiger charge is -2.56. The molecule has 0 amide bonds. The molecule has 0 aromatic heterocycles. The first-order chi connectivity index (χ1) is 7.64. The maximum Gasteiger partial charge on any atom is 0.160 e. The Morgan fingerprint density at radius 1 is 1.35 bits per heavy atom. The van der Waals surface area contributed by atoms with Gasteiger partial charge < -0.3 is 5.73 Å². The number of hydrogen-bond acceptors (Lipinski definition) is 3. The van der Waals surface area contributed by atoms with Crippen LogP contribution in [0.25, 0.3) is 0 Å². The van der Waals surface area contributed by atoms with Crippen LogP contribution in [-0.2, 0) is 4.79 Å². The molecule has 1 heterocycles. The minimum atomic E-state index is -0.163. The van der Waals surface area contributed by atoms with Crippen LogP contribution in [0.2, 0.25) is 0 Å². The summed E-state index contributed by atoms with van der Waals surface area (Å²) in [5.74, 6) is 0.0849. The molecule has 1 rings (SSSR count). The smallest absolute Gasteiger partial charge is 0.160 e. The number of hydrogen-bond donors (Lipinski definition) is 1. The second kappa shape index (κ2) is 4.54. The summed E-state index contributed by atoms with van der Waals surface area (Å²) >= 11 is 0. The zero-order valence-electron chi connectivity index (χ0n) is 11.9. The predicted molar refractivity (Wildman–Crippen MR) is 71.8 cm³/mol. The monoisotopic (exact) mass is 238 g/mol. The van der Waals surface area contributed by atoms with E-state index >= 15 is 0 Å². The van der Waals surface area contributed by atoms with Crippen molar-refractivity contribution in [3.8, 4) is 0 Å². The number of rotatable bonds is 2. The first kappa shape index (κ1) is 14.4. The quantitative estimate of drug-likeness (QED) is 0.748. The topological polar surface area (TPSA) is 46.3 Å². The van der Waals surface area contributed by atoms with Gasteiger partial charge in [0.25, 0.3) is 0 Å². The molecule has 1 aliphatic heterocycles. The molecule has 98 valence electrons. The van der Waals surface area contributed by atoms with Crippen molar-refractivity contribution < 1.29 is 4.79 Å². The van der Waals surface area contributed by atoms with Crippen molar-refractivity contribution in [3.63, 3.8) is 0 Å². The van der Waals surface area contributed by atoms with Crippen LogP contribution in [0.5, 0.6) is 0 Å². The van der Waals surface area contributed by atoms with Crippen LogP contribution >= 0.6 is 0 Å². The maximum absolute atomic E-state index is 12.1. The molecule has 2 unspecified atom stereocenters. The molecule has 2 atom stereocenters. The van der Waals surface area contributed by atoms with E-state index < -0.39 is 0 Å². The van der Waals surface area contributed by atoms with Gasteiger partial charge in [0.15, 0.2) is 5.78 Å². The molecule has 1 fully saturated rings. The molecular weight excluding hydrogens is 212 g/mol. The molecule has 0 radical (unpaired) electrons. The van der Waals surface area contributed by atoms with Gasteiger partial charge >= 0.3 is 0 Å². The highest BCUT2D eigenvalue weighted by atomic mass is 16.1. The Balaban J connectivity index is 3.07. The average molecular weight is 238 g/mol. The lowest BCUT2D eigenvalue weighted by molar-refractivity contribution is -0.127. The van der Waals surface area contributed by atoms with E-state index in [1.54, 1.807) is 12.2 Å². The Morgan fingerprint density at radius 2 is 1.88 bits per heavy atom. The van der Waals surface area contributed by atoms with Crippen LogP contribution in [0.4, 0.5) is 0 Å². The number of carbonyl (C=O) groups is 1. The summed E-state index contributed by atoms with van der Waals surface area (Å²) in [6, 6.07) is -0.121. The van der Waals surface area contributed by atoms with Crippen LogP contribution in [0.3, 0.4) is 0 Å². The van der Waals surface area contributed by atoms with Crippen molar-refractivity contribution in [2.75, 3.05) is 7.05 Å². The van der Waals surface area contributed by atoms with Crippen LogP contribution in [0.15, 0.2) is 12.2 Å². The number of piperidine rings is 1. The van der Waals surface area contributed by atoms with Crippen LogP contribution in [0.1, 0.15) is 41.0 Å². The second-order valence-electron chi connectivity index (χ2n) is 6.26. The Morgan fingerprint density at radius 3 is 2.35 bits per heavy atom. The number of likely N-dealkylation sites (N-methyl/N-ethyl adjacent to an activating group) is 1. The third kappa shape index (κ3) is 2.45. The molecule has 0 bridgehead atoms. The summed E-state index contributed by atoms with van der Waals surface area (Å²) in [6.07, 6.45) is 4.27. The zero-order valence-corrected chi connectivity index (χ0v) is 11.9. The molecule has 3 nitrogen and oxygen atoms in total. The molecule has 0 spiro atoms. The minimum Gasteiger partial charge on any atom is -0.325 e. The van der Waals surface area contributed by atoms with E-state index in [1.165, 1.54) is 0 Å². The Labute approximate surface area is 105 Å². The van der Waals surface area contributed by atoms with Gasteiger partial charge in [0, 0.05) is 23.0 Å². The Kier molecular flexibility index (Phi) is 3.84. The minimum absolute atomic E-state index is 0.00127. The van der Waals surface area contributed by atoms with Crippen molar-refractivity contribution in [2.24, 2.45) is 11.7 Å². The van der Waals surface area contributed by atoms with Gasteiger partial charge in [-0.15, -0.1) is 0 Å². The fourth-order valence-electron chi connectivity index (χ4n) is 2.86. The molecule has 0 aliphatic carbocycles. The first-order valence-corrected chi connectivity index (χ1v) is 6.30. The van der Waals surface area contributed by atoms with E-state index in [-0.39, 0.29) is 28.8 Å². The van der Waals surface area contributed by atoms with Crippen molar-refractivity contribution in [1.82, 2.24) is 4.90 Å². The molecule has 17 heavy (non-hydrogen) atoms. The average Bonchev–Trinajstić information content (AvgIpc) is 2.22. The van der Waals surface area contributed by atoms with Gasteiger partial charge in [-0.05, 0) is 54.2 Å². The molecule has 0 aromatic carbocycles. The van der Waals surface area contributed by atoms with Gasteiger partial charge in [-0.2, -0.15) is 0 Å². The van der Waals surface area contributed by atoms with Crippen LogP contribution in [-0.4, -0.2) is 34.9 Å². The fraction of sp³-hybridized carbons (Fsp3) is 0.786. The summed E-state index contributed by atoms with van der Waals surface area (Å²) in [7, 11) is 2.09. The van der Waals surface area contributed by atoms with Crippen molar-refractivity contribution >= 4 is 5.78 Å². The van der Waals surface area contributed by atoms with Gasteiger partial charge in [-0.25, -0.2) is 0 Å². The van der Waals surface area contributed by atoms with E-state index in [2.05, 4.69) is 39.6 Å². The van der Waals surface area contributed by atoms with Crippen molar-refractivity contribution in [2.45, 2.75) is 58.2 Å². The third-order valence-electron chi connectivity index (χ3n) is 4.44. The van der Waals surface area contributed by atoms with Gasteiger partial charge in [-0.3, -0.25) is 9.69 Å². The van der Waals surface area contributed by atoms with Crippen molar-refractivity contribution in [1.29, 1.82) is 0 Å². The molecule has 1 saturated heterocycles. The van der Waals surface area contributed by atoms with Crippen LogP contribution in [0, 0.1) is 5.92 Å². The van der Waals surface area contributed by atoms with Gasteiger partial charge in [0.05, 0.1) is 0 Å². The molecule has 0 saturated carbocycles.